The minimum Gasteiger partial charge on any atom is -0.342 e. The molecule has 0 atom stereocenters. The molecule has 0 saturated heterocycles. The molecule has 2 rings (SSSR count). The van der Waals surface area contributed by atoms with Gasteiger partial charge in [0.1, 0.15) is 5.82 Å². The molecule has 0 aliphatic rings. The number of nitrogens with zero attached hydrogens (tertiary/aromatic N) is 2. The van der Waals surface area contributed by atoms with Crippen molar-refractivity contribution in [2.45, 2.75) is 32.6 Å². The van der Waals surface area contributed by atoms with Crippen molar-refractivity contribution >= 4 is 11.0 Å². The average molecular weight is 213 g/mol. The van der Waals surface area contributed by atoms with Gasteiger partial charge in [-0.2, -0.15) is 5.26 Å². The van der Waals surface area contributed by atoms with Gasteiger partial charge in [-0.05, 0) is 31.0 Å². The van der Waals surface area contributed by atoms with Crippen LogP contribution >= 0.6 is 0 Å². The van der Waals surface area contributed by atoms with Gasteiger partial charge in [-0.3, -0.25) is 0 Å². The number of aromatic amines is 1. The molecule has 1 heterocycles. The predicted molar refractivity (Wildman–Crippen MR) is 64.1 cm³/mol. The summed E-state index contributed by atoms with van der Waals surface area (Å²) in [6, 6.07) is 7.70. The Bertz CT molecular complexity index is 530. The highest BCUT2D eigenvalue weighted by molar-refractivity contribution is 5.76. The van der Waals surface area contributed by atoms with Crippen molar-refractivity contribution < 1.29 is 0 Å². The summed E-state index contributed by atoms with van der Waals surface area (Å²) in [5.41, 5.74) is 2.58. The van der Waals surface area contributed by atoms with Crippen LogP contribution in [0, 0.1) is 11.3 Å². The van der Waals surface area contributed by atoms with E-state index in [0.717, 1.165) is 29.7 Å². The molecule has 2 aromatic rings. The maximum absolute atomic E-state index is 8.82. The summed E-state index contributed by atoms with van der Waals surface area (Å²) >= 11 is 0. The fraction of sp³-hybridized carbons (Fsp3) is 0.385. The lowest BCUT2D eigenvalue weighted by molar-refractivity contribution is 0.611. The minimum atomic E-state index is 0.484. The standard InChI is InChI=1S/C13H15N3/c1-3-10(4-2)13-15-11-6-5-9(8-14)7-12(11)16-13/h5-7,10H,3-4H2,1-2H3,(H,15,16). The van der Waals surface area contributed by atoms with Gasteiger partial charge in [-0.15, -0.1) is 0 Å². The van der Waals surface area contributed by atoms with Gasteiger partial charge in [-0.1, -0.05) is 13.8 Å². The van der Waals surface area contributed by atoms with Crippen LogP contribution in [0.5, 0.6) is 0 Å². The first-order chi connectivity index (χ1) is 7.78. The topological polar surface area (TPSA) is 52.5 Å². The van der Waals surface area contributed by atoms with Crippen LogP contribution in [0.2, 0.25) is 0 Å². The molecule has 0 amide bonds. The van der Waals surface area contributed by atoms with E-state index < -0.39 is 0 Å². The number of rotatable bonds is 3. The lowest BCUT2D eigenvalue weighted by Crippen LogP contribution is -1.97. The van der Waals surface area contributed by atoms with Gasteiger partial charge in [0.15, 0.2) is 0 Å². The third kappa shape index (κ3) is 1.79. The van der Waals surface area contributed by atoms with Gasteiger partial charge in [0.25, 0.3) is 0 Å². The number of fused-ring (bicyclic) bond motifs is 1. The predicted octanol–water partition coefficient (Wildman–Crippen LogP) is 3.34. The van der Waals surface area contributed by atoms with Crippen LogP contribution in [0.4, 0.5) is 0 Å². The summed E-state index contributed by atoms with van der Waals surface area (Å²) < 4.78 is 0. The van der Waals surface area contributed by atoms with Crippen LogP contribution in [0.1, 0.15) is 44.0 Å². The van der Waals surface area contributed by atoms with Crippen molar-refractivity contribution in [3.8, 4) is 6.07 Å². The van der Waals surface area contributed by atoms with Gasteiger partial charge in [0.2, 0.25) is 0 Å². The molecular formula is C13H15N3. The molecule has 0 spiro atoms. The van der Waals surface area contributed by atoms with E-state index in [1.165, 1.54) is 0 Å². The number of nitriles is 1. The average Bonchev–Trinajstić information content (AvgIpc) is 2.72. The molecular weight excluding hydrogens is 198 g/mol. The Hall–Kier alpha value is -1.82. The van der Waals surface area contributed by atoms with Gasteiger partial charge in [0, 0.05) is 5.92 Å². The Morgan fingerprint density at radius 3 is 2.75 bits per heavy atom. The zero-order chi connectivity index (χ0) is 11.5. The molecule has 1 aromatic heterocycles. The Balaban J connectivity index is 2.48. The minimum absolute atomic E-state index is 0.484. The van der Waals surface area contributed by atoms with Crippen molar-refractivity contribution in [3.05, 3.63) is 29.6 Å². The summed E-state index contributed by atoms with van der Waals surface area (Å²) in [5.74, 6) is 1.52. The highest BCUT2D eigenvalue weighted by Gasteiger charge is 2.11. The van der Waals surface area contributed by atoms with E-state index in [1.54, 1.807) is 6.07 Å². The fourth-order valence-electron chi connectivity index (χ4n) is 1.97. The molecule has 0 aliphatic carbocycles. The lowest BCUT2D eigenvalue weighted by atomic mass is 10.0. The summed E-state index contributed by atoms with van der Waals surface area (Å²) in [6.45, 7) is 4.34. The molecule has 0 fully saturated rings. The van der Waals surface area contributed by atoms with E-state index in [1.807, 2.05) is 12.1 Å². The Morgan fingerprint density at radius 1 is 1.38 bits per heavy atom. The van der Waals surface area contributed by atoms with Crippen LogP contribution in [0.15, 0.2) is 18.2 Å². The Labute approximate surface area is 95.1 Å². The smallest absolute Gasteiger partial charge is 0.110 e. The molecule has 1 N–H and O–H groups in total. The summed E-state index contributed by atoms with van der Waals surface area (Å²) in [4.78, 5) is 7.88. The maximum atomic E-state index is 8.82. The van der Waals surface area contributed by atoms with Crippen molar-refractivity contribution in [1.82, 2.24) is 9.97 Å². The zero-order valence-electron chi connectivity index (χ0n) is 9.62. The highest BCUT2D eigenvalue weighted by Crippen LogP contribution is 2.23. The molecule has 0 bridgehead atoms. The SMILES string of the molecule is CCC(CC)c1nc2ccc(C#N)cc2[nH]1. The first kappa shape index (κ1) is 10.7. The molecule has 0 radical (unpaired) electrons. The number of benzene rings is 1. The number of H-pyrrole nitrogens is 1. The van der Waals surface area contributed by atoms with Crippen LogP contribution in [0.25, 0.3) is 11.0 Å². The molecule has 0 saturated carbocycles. The molecule has 0 aliphatic heterocycles. The third-order valence-corrected chi connectivity index (χ3v) is 3.00. The maximum Gasteiger partial charge on any atom is 0.110 e. The molecule has 3 heteroatoms. The van der Waals surface area contributed by atoms with E-state index in [-0.39, 0.29) is 0 Å². The molecule has 82 valence electrons. The summed E-state index contributed by atoms with van der Waals surface area (Å²) in [7, 11) is 0. The zero-order valence-corrected chi connectivity index (χ0v) is 9.62. The highest BCUT2D eigenvalue weighted by atomic mass is 14.9. The number of nitrogens with one attached hydrogen (secondary N) is 1. The van der Waals surface area contributed by atoms with Gasteiger partial charge in [-0.25, -0.2) is 4.98 Å². The monoisotopic (exact) mass is 213 g/mol. The second kappa shape index (κ2) is 4.36. The normalized spacial score (nSPS) is 10.9. The van der Waals surface area contributed by atoms with Crippen molar-refractivity contribution in [2.75, 3.05) is 0 Å². The molecule has 0 unspecified atom stereocenters. The Morgan fingerprint density at radius 2 is 2.12 bits per heavy atom. The van der Waals surface area contributed by atoms with Crippen molar-refractivity contribution in [1.29, 1.82) is 5.26 Å². The van der Waals surface area contributed by atoms with Crippen LogP contribution in [-0.4, -0.2) is 9.97 Å². The number of hydrogen-bond donors (Lipinski definition) is 1. The van der Waals surface area contributed by atoms with E-state index in [9.17, 15) is 0 Å². The van der Waals surface area contributed by atoms with E-state index >= 15 is 0 Å². The second-order valence-electron chi connectivity index (χ2n) is 3.98. The quantitative estimate of drug-likeness (QED) is 0.850. The lowest BCUT2D eigenvalue weighted by Gasteiger charge is -2.07. The Kier molecular flexibility index (Phi) is 2.91. The molecule has 1 aromatic carbocycles. The van der Waals surface area contributed by atoms with Gasteiger partial charge >= 0.3 is 0 Å². The number of hydrogen-bond acceptors (Lipinski definition) is 2. The van der Waals surface area contributed by atoms with Crippen LogP contribution < -0.4 is 0 Å². The van der Waals surface area contributed by atoms with Gasteiger partial charge in [0.05, 0.1) is 22.7 Å². The second-order valence-corrected chi connectivity index (χ2v) is 3.98. The van der Waals surface area contributed by atoms with Crippen LogP contribution in [-0.2, 0) is 0 Å². The van der Waals surface area contributed by atoms with E-state index in [4.69, 9.17) is 5.26 Å². The molecule has 3 nitrogen and oxygen atoms in total. The molecule has 16 heavy (non-hydrogen) atoms. The van der Waals surface area contributed by atoms with Crippen LogP contribution in [0.3, 0.4) is 0 Å². The number of aromatic nitrogens is 2. The van der Waals surface area contributed by atoms with Gasteiger partial charge < -0.3 is 4.98 Å². The number of imidazole rings is 1. The van der Waals surface area contributed by atoms with E-state index in [0.29, 0.717) is 11.5 Å². The largest absolute Gasteiger partial charge is 0.342 e. The van der Waals surface area contributed by atoms with E-state index in [2.05, 4.69) is 29.9 Å². The third-order valence-electron chi connectivity index (χ3n) is 3.00. The first-order valence-corrected chi connectivity index (χ1v) is 5.68. The fourth-order valence-corrected chi connectivity index (χ4v) is 1.97. The first-order valence-electron chi connectivity index (χ1n) is 5.68. The summed E-state index contributed by atoms with van der Waals surface area (Å²) in [6.07, 6.45) is 2.17. The van der Waals surface area contributed by atoms with Crippen molar-refractivity contribution in [3.63, 3.8) is 0 Å². The van der Waals surface area contributed by atoms with Crippen molar-refractivity contribution in [2.24, 2.45) is 0 Å². The summed E-state index contributed by atoms with van der Waals surface area (Å²) in [5, 5.41) is 8.82.